The quantitative estimate of drug-likeness (QED) is 0.775. The molecule has 0 unspecified atom stereocenters. The number of esters is 1. The maximum Gasteiger partial charge on any atom is 0.308 e. The van der Waals surface area contributed by atoms with Gasteiger partial charge in [0, 0.05) is 18.3 Å². The molecule has 114 valence electrons. The summed E-state index contributed by atoms with van der Waals surface area (Å²) in [6.45, 7) is 10.7. The van der Waals surface area contributed by atoms with Crippen molar-refractivity contribution >= 4 is 16.9 Å². The zero-order valence-corrected chi connectivity index (χ0v) is 13.6. The highest BCUT2D eigenvalue weighted by molar-refractivity contribution is 5.81. The van der Waals surface area contributed by atoms with Gasteiger partial charge in [-0.2, -0.15) is 0 Å². The SMILES string of the molecule is CC(C)c1ccc2c(ccn2CCC(=O)OC(C)(C)C)c1. The molecule has 0 aliphatic heterocycles. The summed E-state index contributed by atoms with van der Waals surface area (Å²) in [5, 5.41) is 1.23. The van der Waals surface area contributed by atoms with E-state index in [1.807, 2.05) is 27.0 Å². The molecule has 0 atom stereocenters. The Kier molecular flexibility index (Phi) is 4.40. The molecule has 1 heterocycles. The van der Waals surface area contributed by atoms with Crippen molar-refractivity contribution < 1.29 is 9.53 Å². The van der Waals surface area contributed by atoms with Crippen molar-refractivity contribution in [3.8, 4) is 0 Å². The molecule has 3 heteroatoms. The Hall–Kier alpha value is -1.77. The summed E-state index contributed by atoms with van der Waals surface area (Å²) in [7, 11) is 0. The Morgan fingerprint density at radius 1 is 1.24 bits per heavy atom. The summed E-state index contributed by atoms with van der Waals surface area (Å²) in [4.78, 5) is 11.8. The molecule has 0 fully saturated rings. The molecule has 0 radical (unpaired) electrons. The van der Waals surface area contributed by atoms with Crippen molar-refractivity contribution in [3.05, 3.63) is 36.0 Å². The number of ether oxygens (including phenoxy) is 1. The number of benzene rings is 1. The maximum absolute atomic E-state index is 11.8. The number of nitrogens with zero attached hydrogens (tertiary/aromatic N) is 1. The predicted molar refractivity (Wildman–Crippen MR) is 86.5 cm³/mol. The molecule has 0 aliphatic rings. The average Bonchev–Trinajstić information content (AvgIpc) is 2.76. The first-order valence-electron chi connectivity index (χ1n) is 7.57. The van der Waals surface area contributed by atoms with Crippen molar-refractivity contribution in [2.75, 3.05) is 0 Å². The normalized spacial score (nSPS) is 12.1. The van der Waals surface area contributed by atoms with Gasteiger partial charge in [0.25, 0.3) is 0 Å². The van der Waals surface area contributed by atoms with Crippen LogP contribution in [0.5, 0.6) is 0 Å². The number of carbonyl (C=O) groups is 1. The number of aromatic nitrogens is 1. The summed E-state index contributed by atoms with van der Waals surface area (Å²) in [5.41, 5.74) is 2.09. The van der Waals surface area contributed by atoms with Gasteiger partial charge < -0.3 is 9.30 Å². The van der Waals surface area contributed by atoms with Crippen LogP contribution in [-0.4, -0.2) is 16.1 Å². The molecule has 0 aliphatic carbocycles. The molecule has 0 spiro atoms. The Balaban J connectivity index is 2.08. The van der Waals surface area contributed by atoms with Gasteiger partial charge in [0.15, 0.2) is 0 Å². The third-order valence-corrected chi connectivity index (χ3v) is 3.44. The second kappa shape index (κ2) is 5.92. The van der Waals surface area contributed by atoms with Gasteiger partial charge in [-0.25, -0.2) is 0 Å². The van der Waals surface area contributed by atoms with Crippen LogP contribution in [0, 0.1) is 0 Å². The smallest absolute Gasteiger partial charge is 0.308 e. The van der Waals surface area contributed by atoms with Gasteiger partial charge in [-0.15, -0.1) is 0 Å². The largest absolute Gasteiger partial charge is 0.460 e. The zero-order valence-electron chi connectivity index (χ0n) is 13.6. The molecular formula is C18H25NO2. The van der Waals surface area contributed by atoms with Crippen LogP contribution in [0.25, 0.3) is 10.9 Å². The zero-order chi connectivity index (χ0) is 15.6. The highest BCUT2D eigenvalue weighted by Crippen LogP contribution is 2.22. The van der Waals surface area contributed by atoms with Crippen LogP contribution in [0.15, 0.2) is 30.5 Å². The van der Waals surface area contributed by atoms with Gasteiger partial charge in [-0.1, -0.05) is 19.9 Å². The van der Waals surface area contributed by atoms with Crippen molar-refractivity contribution in [1.82, 2.24) is 4.57 Å². The van der Waals surface area contributed by atoms with Crippen LogP contribution in [-0.2, 0) is 16.1 Å². The van der Waals surface area contributed by atoms with E-state index >= 15 is 0 Å². The second-order valence-electron chi connectivity index (χ2n) is 6.82. The van der Waals surface area contributed by atoms with E-state index in [4.69, 9.17) is 4.74 Å². The van der Waals surface area contributed by atoms with Crippen molar-refractivity contribution in [2.24, 2.45) is 0 Å². The van der Waals surface area contributed by atoms with E-state index < -0.39 is 5.60 Å². The van der Waals surface area contributed by atoms with Crippen LogP contribution < -0.4 is 0 Å². The minimum atomic E-state index is -0.415. The molecule has 2 aromatic rings. The fraction of sp³-hybridized carbons (Fsp3) is 0.500. The van der Waals surface area contributed by atoms with Crippen LogP contribution in [0.2, 0.25) is 0 Å². The summed E-state index contributed by atoms with van der Waals surface area (Å²) in [5.74, 6) is 0.377. The third kappa shape index (κ3) is 4.10. The Morgan fingerprint density at radius 3 is 2.57 bits per heavy atom. The fourth-order valence-corrected chi connectivity index (χ4v) is 2.38. The maximum atomic E-state index is 11.8. The number of carbonyl (C=O) groups excluding carboxylic acids is 1. The molecule has 0 N–H and O–H groups in total. The average molecular weight is 287 g/mol. The van der Waals surface area contributed by atoms with E-state index in [9.17, 15) is 4.79 Å². The molecule has 1 aromatic heterocycles. The Morgan fingerprint density at radius 2 is 1.95 bits per heavy atom. The minimum Gasteiger partial charge on any atom is -0.460 e. The van der Waals surface area contributed by atoms with Crippen LogP contribution in [0.4, 0.5) is 0 Å². The fourth-order valence-electron chi connectivity index (χ4n) is 2.38. The lowest BCUT2D eigenvalue weighted by atomic mass is 10.0. The molecule has 21 heavy (non-hydrogen) atoms. The molecule has 2 rings (SSSR count). The number of hydrogen-bond acceptors (Lipinski definition) is 2. The standard InChI is InChI=1S/C18H25NO2/c1-13(2)14-6-7-16-15(12-14)8-10-19(16)11-9-17(20)21-18(3,4)5/h6-8,10,12-13H,9,11H2,1-5H3. The van der Waals surface area contributed by atoms with Crippen molar-refractivity contribution in [2.45, 2.75) is 59.1 Å². The molecule has 0 saturated carbocycles. The first kappa shape index (κ1) is 15.6. The van der Waals surface area contributed by atoms with E-state index in [1.165, 1.54) is 16.5 Å². The van der Waals surface area contributed by atoms with Crippen LogP contribution >= 0.6 is 0 Å². The minimum absolute atomic E-state index is 0.150. The van der Waals surface area contributed by atoms with Gasteiger partial charge in [0.05, 0.1) is 6.42 Å². The predicted octanol–water partition coefficient (Wildman–Crippen LogP) is 4.50. The highest BCUT2D eigenvalue weighted by atomic mass is 16.6. The first-order chi connectivity index (χ1) is 9.76. The lowest BCUT2D eigenvalue weighted by Gasteiger charge is -2.19. The van der Waals surface area contributed by atoms with E-state index in [1.54, 1.807) is 0 Å². The molecule has 0 saturated heterocycles. The van der Waals surface area contributed by atoms with Gasteiger partial charge in [0.2, 0.25) is 0 Å². The molecule has 0 bridgehead atoms. The monoisotopic (exact) mass is 287 g/mol. The summed E-state index contributed by atoms with van der Waals surface area (Å²) in [6, 6.07) is 8.64. The summed E-state index contributed by atoms with van der Waals surface area (Å²) >= 11 is 0. The highest BCUT2D eigenvalue weighted by Gasteiger charge is 2.16. The van der Waals surface area contributed by atoms with Crippen molar-refractivity contribution in [1.29, 1.82) is 0 Å². The van der Waals surface area contributed by atoms with E-state index in [-0.39, 0.29) is 5.97 Å². The first-order valence-corrected chi connectivity index (χ1v) is 7.57. The van der Waals surface area contributed by atoms with Gasteiger partial charge >= 0.3 is 5.97 Å². The third-order valence-electron chi connectivity index (χ3n) is 3.44. The number of fused-ring (bicyclic) bond motifs is 1. The van der Waals surface area contributed by atoms with Gasteiger partial charge in [-0.3, -0.25) is 4.79 Å². The lowest BCUT2D eigenvalue weighted by molar-refractivity contribution is -0.155. The van der Waals surface area contributed by atoms with Crippen LogP contribution in [0.3, 0.4) is 0 Å². The Bertz CT molecular complexity index is 632. The van der Waals surface area contributed by atoms with E-state index in [0.717, 1.165) is 0 Å². The number of hydrogen-bond donors (Lipinski definition) is 0. The van der Waals surface area contributed by atoms with Crippen LogP contribution in [0.1, 0.15) is 52.5 Å². The van der Waals surface area contributed by atoms with Gasteiger partial charge in [0.1, 0.15) is 5.60 Å². The van der Waals surface area contributed by atoms with Gasteiger partial charge in [-0.05, 0) is 55.8 Å². The molecule has 3 nitrogen and oxygen atoms in total. The second-order valence-corrected chi connectivity index (χ2v) is 6.82. The summed E-state index contributed by atoms with van der Waals surface area (Å²) < 4.78 is 7.46. The molecule has 0 amide bonds. The topological polar surface area (TPSA) is 31.2 Å². The van der Waals surface area contributed by atoms with Crippen molar-refractivity contribution in [3.63, 3.8) is 0 Å². The Labute approximate surface area is 126 Å². The molecular weight excluding hydrogens is 262 g/mol. The van der Waals surface area contributed by atoms with E-state index in [2.05, 4.69) is 42.7 Å². The summed E-state index contributed by atoms with van der Waals surface area (Å²) in [6.07, 6.45) is 2.44. The van der Waals surface area contributed by atoms with E-state index in [0.29, 0.717) is 18.9 Å². The molecule has 1 aromatic carbocycles. The lowest BCUT2D eigenvalue weighted by Crippen LogP contribution is -2.24. The number of aryl methyl sites for hydroxylation is 1. The number of rotatable bonds is 4.